The number of carbonyl (C=O) groups excluding carboxylic acids is 1. The maximum atomic E-state index is 11.0. The Bertz CT molecular complexity index is 261. The number of carbonyl (C=O) groups is 1. The fourth-order valence-corrected chi connectivity index (χ4v) is 1.55. The lowest BCUT2D eigenvalue weighted by Gasteiger charge is -2.06. The van der Waals surface area contributed by atoms with Gasteiger partial charge in [-0.2, -0.15) is 0 Å². The third-order valence-corrected chi connectivity index (χ3v) is 2.37. The molecule has 0 radical (unpaired) electrons. The smallest absolute Gasteiger partial charge is 0.307 e. The minimum absolute atomic E-state index is 0.196. The van der Waals surface area contributed by atoms with Crippen molar-refractivity contribution in [3.05, 3.63) is 16.6 Å². The highest BCUT2D eigenvalue weighted by Gasteiger charge is 2.13. The summed E-state index contributed by atoms with van der Waals surface area (Å²) in [5.41, 5.74) is 5.72. The van der Waals surface area contributed by atoms with Crippen LogP contribution in [0.15, 0.2) is 11.6 Å². The highest BCUT2D eigenvalue weighted by atomic mass is 32.1. The molecule has 0 fully saturated rings. The number of nitrogens with two attached hydrogens (primary N) is 1. The van der Waals surface area contributed by atoms with Gasteiger partial charge in [-0.05, 0) is 6.92 Å². The molecular formula is C8H12N2O2S. The van der Waals surface area contributed by atoms with Crippen LogP contribution in [0.5, 0.6) is 0 Å². The molecule has 0 spiro atoms. The van der Waals surface area contributed by atoms with E-state index in [1.165, 1.54) is 11.3 Å². The van der Waals surface area contributed by atoms with E-state index in [-0.39, 0.29) is 18.4 Å². The van der Waals surface area contributed by atoms with Gasteiger partial charge < -0.3 is 10.5 Å². The molecule has 1 heterocycles. The van der Waals surface area contributed by atoms with Crippen LogP contribution in [0.25, 0.3) is 0 Å². The summed E-state index contributed by atoms with van der Waals surface area (Å²) < 4.78 is 4.77. The molecule has 13 heavy (non-hydrogen) atoms. The van der Waals surface area contributed by atoms with Crippen LogP contribution in [0.4, 0.5) is 0 Å². The van der Waals surface area contributed by atoms with Crippen LogP contribution in [-0.4, -0.2) is 17.6 Å². The third-order valence-electron chi connectivity index (χ3n) is 1.46. The van der Waals surface area contributed by atoms with E-state index in [9.17, 15) is 4.79 Å². The molecule has 72 valence electrons. The Morgan fingerprint density at radius 1 is 1.85 bits per heavy atom. The van der Waals surface area contributed by atoms with Crippen LogP contribution in [0.2, 0.25) is 0 Å². The van der Waals surface area contributed by atoms with Gasteiger partial charge in [-0.15, -0.1) is 11.3 Å². The van der Waals surface area contributed by atoms with Crippen molar-refractivity contribution in [1.82, 2.24) is 4.98 Å². The zero-order valence-corrected chi connectivity index (χ0v) is 8.21. The molecule has 2 N–H and O–H groups in total. The zero-order chi connectivity index (χ0) is 9.68. The maximum absolute atomic E-state index is 11.0. The second-order valence-corrected chi connectivity index (χ2v) is 3.41. The van der Waals surface area contributed by atoms with E-state index in [1.807, 2.05) is 5.38 Å². The molecule has 0 aromatic carbocycles. The first-order valence-electron chi connectivity index (χ1n) is 4.04. The Morgan fingerprint density at radius 2 is 2.62 bits per heavy atom. The van der Waals surface area contributed by atoms with Gasteiger partial charge in [-0.3, -0.25) is 4.79 Å². The van der Waals surface area contributed by atoms with Crippen molar-refractivity contribution < 1.29 is 9.53 Å². The molecular weight excluding hydrogens is 188 g/mol. The fourth-order valence-electron chi connectivity index (χ4n) is 0.904. The molecule has 0 amide bonds. The van der Waals surface area contributed by atoms with Gasteiger partial charge in [0.1, 0.15) is 5.01 Å². The van der Waals surface area contributed by atoms with E-state index in [0.717, 1.165) is 5.01 Å². The van der Waals surface area contributed by atoms with Gasteiger partial charge in [0.2, 0.25) is 0 Å². The summed E-state index contributed by atoms with van der Waals surface area (Å²) in [5.74, 6) is -0.273. The second-order valence-electron chi connectivity index (χ2n) is 2.49. The van der Waals surface area contributed by atoms with E-state index in [2.05, 4.69) is 4.98 Å². The van der Waals surface area contributed by atoms with Gasteiger partial charge in [0.15, 0.2) is 0 Å². The lowest BCUT2D eigenvalue weighted by atomic mass is 10.2. The lowest BCUT2D eigenvalue weighted by Crippen LogP contribution is -2.16. The molecule has 0 aliphatic rings. The summed E-state index contributed by atoms with van der Waals surface area (Å²) in [6, 6.07) is -0.334. The van der Waals surface area contributed by atoms with Crippen molar-refractivity contribution in [2.24, 2.45) is 5.73 Å². The summed E-state index contributed by atoms with van der Waals surface area (Å²) in [5, 5.41) is 2.61. The van der Waals surface area contributed by atoms with Gasteiger partial charge in [0.05, 0.1) is 19.1 Å². The molecule has 1 unspecified atom stereocenters. The molecule has 5 heteroatoms. The number of esters is 1. The predicted octanol–water partition coefficient (Wildman–Crippen LogP) is 1.10. The van der Waals surface area contributed by atoms with Gasteiger partial charge in [-0.25, -0.2) is 4.98 Å². The second kappa shape index (κ2) is 4.94. The first-order valence-corrected chi connectivity index (χ1v) is 4.92. The van der Waals surface area contributed by atoms with Gasteiger partial charge >= 0.3 is 5.97 Å². The number of hydrogen-bond donors (Lipinski definition) is 1. The average Bonchev–Trinajstić information content (AvgIpc) is 2.55. The highest BCUT2D eigenvalue weighted by molar-refractivity contribution is 7.09. The van der Waals surface area contributed by atoms with Crippen LogP contribution in [0.3, 0.4) is 0 Å². The van der Waals surface area contributed by atoms with E-state index < -0.39 is 0 Å². The summed E-state index contributed by atoms with van der Waals surface area (Å²) in [6.45, 7) is 2.16. The number of nitrogens with zero attached hydrogens (tertiary/aromatic N) is 1. The highest BCUT2D eigenvalue weighted by Crippen LogP contribution is 2.16. The summed E-state index contributed by atoms with van der Waals surface area (Å²) in [7, 11) is 0. The van der Waals surface area contributed by atoms with E-state index in [0.29, 0.717) is 6.61 Å². The maximum Gasteiger partial charge on any atom is 0.307 e. The molecule has 0 saturated heterocycles. The lowest BCUT2D eigenvalue weighted by molar-refractivity contribution is -0.143. The number of aromatic nitrogens is 1. The minimum atomic E-state index is -0.334. The Balaban J connectivity index is 2.42. The molecule has 4 nitrogen and oxygen atoms in total. The first-order chi connectivity index (χ1) is 6.24. The Labute approximate surface area is 80.7 Å². The molecule has 1 aromatic rings. The Hall–Kier alpha value is -0.940. The van der Waals surface area contributed by atoms with Crippen LogP contribution in [0.1, 0.15) is 24.4 Å². The van der Waals surface area contributed by atoms with Crippen LogP contribution in [0, 0.1) is 0 Å². The Morgan fingerprint density at radius 3 is 3.15 bits per heavy atom. The molecule has 1 aromatic heterocycles. The van der Waals surface area contributed by atoms with Crippen LogP contribution < -0.4 is 5.73 Å². The zero-order valence-electron chi connectivity index (χ0n) is 7.40. The first kappa shape index (κ1) is 10.1. The van der Waals surface area contributed by atoms with Crippen LogP contribution in [-0.2, 0) is 9.53 Å². The normalized spacial score (nSPS) is 12.5. The number of rotatable bonds is 4. The largest absolute Gasteiger partial charge is 0.466 e. The number of ether oxygens (including phenoxy) is 1. The SMILES string of the molecule is CCOC(=O)CC(N)c1nccs1. The third kappa shape index (κ3) is 3.12. The summed E-state index contributed by atoms with van der Waals surface area (Å²) in [6.07, 6.45) is 1.87. The summed E-state index contributed by atoms with van der Waals surface area (Å²) in [4.78, 5) is 15.0. The minimum Gasteiger partial charge on any atom is -0.466 e. The van der Waals surface area contributed by atoms with E-state index in [1.54, 1.807) is 13.1 Å². The number of thiazole rings is 1. The van der Waals surface area contributed by atoms with Crippen LogP contribution >= 0.6 is 11.3 Å². The topological polar surface area (TPSA) is 65.2 Å². The van der Waals surface area contributed by atoms with E-state index >= 15 is 0 Å². The van der Waals surface area contributed by atoms with Gasteiger partial charge in [0, 0.05) is 11.6 Å². The molecule has 0 bridgehead atoms. The van der Waals surface area contributed by atoms with Crippen molar-refractivity contribution in [3.8, 4) is 0 Å². The monoisotopic (exact) mass is 200 g/mol. The van der Waals surface area contributed by atoms with Crippen molar-refractivity contribution >= 4 is 17.3 Å². The molecule has 0 aliphatic carbocycles. The van der Waals surface area contributed by atoms with Gasteiger partial charge in [0.25, 0.3) is 0 Å². The predicted molar refractivity (Wildman–Crippen MR) is 50.3 cm³/mol. The van der Waals surface area contributed by atoms with Crippen molar-refractivity contribution in [3.63, 3.8) is 0 Å². The summed E-state index contributed by atoms with van der Waals surface area (Å²) >= 11 is 1.45. The Kier molecular flexibility index (Phi) is 3.85. The van der Waals surface area contributed by atoms with E-state index in [4.69, 9.17) is 10.5 Å². The fraction of sp³-hybridized carbons (Fsp3) is 0.500. The van der Waals surface area contributed by atoms with Crippen molar-refractivity contribution in [1.29, 1.82) is 0 Å². The standard InChI is InChI=1S/C8H12N2O2S/c1-2-12-7(11)5-6(9)8-10-3-4-13-8/h3-4,6H,2,5,9H2,1H3. The quantitative estimate of drug-likeness (QED) is 0.739. The van der Waals surface area contributed by atoms with Gasteiger partial charge in [-0.1, -0.05) is 0 Å². The average molecular weight is 200 g/mol. The molecule has 1 rings (SSSR count). The van der Waals surface area contributed by atoms with Crippen molar-refractivity contribution in [2.45, 2.75) is 19.4 Å². The molecule has 0 saturated carbocycles. The molecule has 0 aliphatic heterocycles. The molecule has 1 atom stereocenters. The van der Waals surface area contributed by atoms with Crippen molar-refractivity contribution in [2.75, 3.05) is 6.61 Å². The number of hydrogen-bond acceptors (Lipinski definition) is 5.